The van der Waals surface area contributed by atoms with Gasteiger partial charge in [0.25, 0.3) is 0 Å². The fourth-order valence-electron chi connectivity index (χ4n) is 2.98. The van der Waals surface area contributed by atoms with E-state index in [0.29, 0.717) is 18.8 Å². The summed E-state index contributed by atoms with van der Waals surface area (Å²) in [7, 11) is 0. The molecule has 0 amide bonds. The number of carbonyl (C=O) groups excluding carboxylic acids is 2. The predicted molar refractivity (Wildman–Crippen MR) is 64.4 cm³/mol. The Morgan fingerprint density at radius 3 is 2.76 bits per heavy atom. The van der Waals surface area contributed by atoms with Gasteiger partial charge in [-0.2, -0.15) is 0 Å². The van der Waals surface area contributed by atoms with Gasteiger partial charge < -0.3 is 9.53 Å². The molecular formula is C14H20O3. The van der Waals surface area contributed by atoms with Crippen molar-refractivity contribution >= 4 is 11.8 Å². The molecule has 0 spiro atoms. The van der Waals surface area contributed by atoms with Gasteiger partial charge in [-0.05, 0) is 31.8 Å². The highest BCUT2D eigenvalue weighted by Crippen LogP contribution is 2.42. The van der Waals surface area contributed by atoms with Crippen LogP contribution in [0, 0.1) is 11.8 Å². The lowest BCUT2D eigenvalue weighted by atomic mass is 9.76. The molecule has 3 unspecified atom stereocenters. The number of ketones is 1. The van der Waals surface area contributed by atoms with Crippen LogP contribution in [-0.2, 0) is 14.3 Å². The minimum atomic E-state index is -0.132. The van der Waals surface area contributed by atoms with E-state index in [1.54, 1.807) is 6.92 Å². The van der Waals surface area contributed by atoms with Crippen LogP contribution in [0.15, 0.2) is 12.2 Å². The molecule has 0 aromatic rings. The quantitative estimate of drug-likeness (QED) is 0.556. The number of rotatable bonds is 4. The minimum absolute atomic E-state index is 0.0522. The summed E-state index contributed by atoms with van der Waals surface area (Å²) < 4.78 is 5.45. The normalized spacial score (nSPS) is 31.8. The standard InChI is InChI=1S/C14H20O3/c1-9(7-8-10(2)15)13-11-5-3-4-6-12(11)14(16)17-13/h11-13H,1,3-8H2,2H3. The first-order valence-electron chi connectivity index (χ1n) is 6.47. The Morgan fingerprint density at radius 1 is 1.35 bits per heavy atom. The van der Waals surface area contributed by atoms with Gasteiger partial charge in [0.05, 0.1) is 5.92 Å². The summed E-state index contributed by atoms with van der Waals surface area (Å²) in [5.74, 6) is 0.512. The molecule has 2 aliphatic rings. The van der Waals surface area contributed by atoms with Gasteiger partial charge in [0, 0.05) is 12.3 Å². The number of hydrogen-bond acceptors (Lipinski definition) is 3. The Balaban J connectivity index is 1.98. The fourth-order valence-corrected chi connectivity index (χ4v) is 2.98. The molecule has 2 fully saturated rings. The van der Waals surface area contributed by atoms with Crippen molar-refractivity contribution in [2.45, 2.75) is 51.6 Å². The lowest BCUT2D eigenvalue weighted by molar-refractivity contribution is -0.143. The van der Waals surface area contributed by atoms with E-state index in [4.69, 9.17) is 4.74 Å². The number of ether oxygens (including phenoxy) is 1. The van der Waals surface area contributed by atoms with E-state index in [2.05, 4.69) is 6.58 Å². The lowest BCUT2D eigenvalue weighted by Gasteiger charge is -2.25. The molecular weight excluding hydrogens is 216 g/mol. The maximum absolute atomic E-state index is 11.7. The number of carbonyl (C=O) groups is 2. The molecule has 0 N–H and O–H groups in total. The molecule has 2 rings (SSSR count). The molecule has 1 heterocycles. The van der Waals surface area contributed by atoms with E-state index in [9.17, 15) is 9.59 Å². The monoisotopic (exact) mass is 236 g/mol. The van der Waals surface area contributed by atoms with Crippen molar-refractivity contribution in [1.29, 1.82) is 0 Å². The van der Waals surface area contributed by atoms with Crippen LogP contribution in [0.5, 0.6) is 0 Å². The molecule has 1 aliphatic carbocycles. The van der Waals surface area contributed by atoms with E-state index in [1.807, 2.05) is 0 Å². The van der Waals surface area contributed by atoms with Gasteiger partial charge in [-0.3, -0.25) is 4.79 Å². The van der Waals surface area contributed by atoms with Crippen LogP contribution in [-0.4, -0.2) is 17.9 Å². The minimum Gasteiger partial charge on any atom is -0.457 e. The van der Waals surface area contributed by atoms with Crippen molar-refractivity contribution in [2.75, 3.05) is 0 Å². The maximum atomic E-state index is 11.7. The molecule has 1 saturated heterocycles. The second-order valence-corrected chi connectivity index (χ2v) is 5.27. The summed E-state index contributed by atoms with van der Waals surface area (Å²) in [4.78, 5) is 22.7. The van der Waals surface area contributed by atoms with E-state index in [1.165, 1.54) is 6.42 Å². The van der Waals surface area contributed by atoms with Gasteiger partial charge in [-0.1, -0.05) is 19.4 Å². The average Bonchev–Trinajstić information content (AvgIpc) is 2.65. The van der Waals surface area contributed by atoms with E-state index in [-0.39, 0.29) is 23.8 Å². The molecule has 3 heteroatoms. The van der Waals surface area contributed by atoms with E-state index in [0.717, 1.165) is 24.8 Å². The Hall–Kier alpha value is -1.12. The van der Waals surface area contributed by atoms with Crippen LogP contribution in [0.3, 0.4) is 0 Å². The van der Waals surface area contributed by atoms with E-state index < -0.39 is 0 Å². The zero-order chi connectivity index (χ0) is 12.4. The zero-order valence-corrected chi connectivity index (χ0v) is 10.4. The van der Waals surface area contributed by atoms with Crippen molar-refractivity contribution in [3.8, 4) is 0 Å². The largest absolute Gasteiger partial charge is 0.457 e. The third kappa shape index (κ3) is 2.59. The Kier molecular flexibility index (Phi) is 3.65. The molecule has 3 nitrogen and oxygen atoms in total. The predicted octanol–water partition coefficient (Wildman–Crippen LogP) is 2.64. The zero-order valence-electron chi connectivity index (χ0n) is 10.4. The van der Waals surface area contributed by atoms with Gasteiger partial charge in [-0.25, -0.2) is 0 Å². The van der Waals surface area contributed by atoms with Crippen LogP contribution in [0.4, 0.5) is 0 Å². The molecule has 0 aromatic heterocycles. The van der Waals surface area contributed by atoms with Crippen molar-refractivity contribution in [3.05, 3.63) is 12.2 Å². The number of esters is 1. The third-order valence-corrected chi connectivity index (χ3v) is 3.95. The highest BCUT2D eigenvalue weighted by molar-refractivity contribution is 5.77. The average molecular weight is 236 g/mol. The molecule has 0 aromatic carbocycles. The molecule has 1 aliphatic heterocycles. The molecule has 94 valence electrons. The molecule has 17 heavy (non-hydrogen) atoms. The van der Waals surface area contributed by atoms with Crippen LogP contribution < -0.4 is 0 Å². The van der Waals surface area contributed by atoms with Crippen molar-refractivity contribution < 1.29 is 14.3 Å². The van der Waals surface area contributed by atoms with Crippen LogP contribution in [0.1, 0.15) is 45.4 Å². The Morgan fingerprint density at radius 2 is 2.06 bits per heavy atom. The van der Waals surface area contributed by atoms with Gasteiger partial charge >= 0.3 is 5.97 Å². The maximum Gasteiger partial charge on any atom is 0.309 e. The van der Waals surface area contributed by atoms with Crippen LogP contribution in [0.2, 0.25) is 0 Å². The smallest absolute Gasteiger partial charge is 0.309 e. The van der Waals surface area contributed by atoms with Crippen molar-refractivity contribution in [2.24, 2.45) is 11.8 Å². The van der Waals surface area contributed by atoms with Gasteiger partial charge in [0.1, 0.15) is 11.9 Å². The van der Waals surface area contributed by atoms with Crippen molar-refractivity contribution in [3.63, 3.8) is 0 Å². The summed E-state index contributed by atoms with van der Waals surface area (Å²) in [6.45, 7) is 5.59. The first-order valence-corrected chi connectivity index (χ1v) is 6.47. The Bertz CT molecular complexity index is 345. The second kappa shape index (κ2) is 5.03. The number of cyclic esters (lactones) is 1. The third-order valence-electron chi connectivity index (χ3n) is 3.95. The summed E-state index contributed by atoms with van der Waals surface area (Å²) in [6, 6.07) is 0. The molecule has 1 saturated carbocycles. The topological polar surface area (TPSA) is 43.4 Å². The highest BCUT2D eigenvalue weighted by atomic mass is 16.6. The van der Waals surface area contributed by atoms with Crippen LogP contribution in [0.25, 0.3) is 0 Å². The summed E-state index contributed by atoms with van der Waals surface area (Å²) in [6.07, 6.45) is 5.34. The SMILES string of the molecule is C=C(CCC(C)=O)C1OC(=O)C2CCCCC21. The number of fused-ring (bicyclic) bond motifs is 1. The first-order chi connectivity index (χ1) is 8.09. The molecule has 3 atom stereocenters. The van der Waals surface area contributed by atoms with Crippen molar-refractivity contribution in [1.82, 2.24) is 0 Å². The van der Waals surface area contributed by atoms with Gasteiger partial charge in [-0.15, -0.1) is 0 Å². The lowest BCUT2D eigenvalue weighted by Crippen LogP contribution is -2.25. The highest BCUT2D eigenvalue weighted by Gasteiger charge is 2.46. The summed E-state index contributed by atoms with van der Waals surface area (Å²) in [5.41, 5.74) is 0.919. The molecule has 0 radical (unpaired) electrons. The van der Waals surface area contributed by atoms with Gasteiger partial charge in [0.2, 0.25) is 0 Å². The summed E-state index contributed by atoms with van der Waals surface area (Å²) >= 11 is 0. The fraction of sp³-hybridized carbons (Fsp3) is 0.714. The van der Waals surface area contributed by atoms with Gasteiger partial charge in [0.15, 0.2) is 0 Å². The number of Topliss-reactive ketones (excluding diaryl/α,β-unsaturated/α-hetero) is 1. The van der Waals surface area contributed by atoms with Crippen LogP contribution >= 0.6 is 0 Å². The van der Waals surface area contributed by atoms with E-state index >= 15 is 0 Å². The molecule has 0 bridgehead atoms. The Labute approximate surface area is 102 Å². The second-order valence-electron chi connectivity index (χ2n) is 5.27. The summed E-state index contributed by atoms with van der Waals surface area (Å²) in [5, 5.41) is 0. The first kappa shape index (κ1) is 12.3. The number of hydrogen-bond donors (Lipinski definition) is 0.